The summed E-state index contributed by atoms with van der Waals surface area (Å²) in [5.41, 5.74) is 3.17. The second-order valence-corrected chi connectivity index (χ2v) is 6.21. The highest BCUT2D eigenvalue weighted by Gasteiger charge is 2.09. The smallest absolute Gasteiger partial charge is 0.274 e. The van der Waals surface area contributed by atoms with Gasteiger partial charge in [-0.05, 0) is 60.7 Å². The maximum atomic E-state index is 12.4. The first kappa shape index (κ1) is 18.4. The minimum atomic E-state index is -0.318. The molecule has 0 spiro atoms. The fourth-order valence-electron chi connectivity index (χ4n) is 2.37. The molecule has 3 rings (SSSR count). The summed E-state index contributed by atoms with van der Waals surface area (Å²) in [6.45, 7) is 1.46. The van der Waals surface area contributed by atoms with Gasteiger partial charge < -0.3 is 16.0 Å². The van der Waals surface area contributed by atoms with E-state index >= 15 is 0 Å². The molecule has 0 aliphatic heterocycles. The molecular formula is C20H17ClN4O2. The van der Waals surface area contributed by atoms with E-state index in [0.717, 1.165) is 11.4 Å². The number of hydrogen-bond donors (Lipinski definition) is 3. The van der Waals surface area contributed by atoms with Crippen molar-refractivity contribution >= 4 is 46.2 Å². The first-order valence-corrected chi connectivity index (χ1v) is 8.55. The molecule has 1 heterocycles. The van der Waals surface area contributed by atoms with Crippen molar-refractivity contribution in [3.05, 3.63) is 77.6 Å². The van der Waals surface area contributed by atoms with Crippen LogP contribution in [0.25, 0.3) is 0 Å². The zero-order chi connectivity index (χ0) is 19.2. The van der Waals surface area contributed by atoms with Crippen LogP contribution in [0.5, 0.6) is 0 Å². The van der Waals surface area contributed by atoms with Crippen molar-refractivity contribution in [2.45, 2.75) is 6.92 Å². The van der Waals surface area contributed by atoms with E-state index in [9.17, 15) is 9.59 Å². The Morgan fingerprint density at radius 2 is 1.41 bits per heavy atom. The molecule has 3 aromatic rings. The Hall–Kier alpha value is -3.38. The highest BCUT2D eigenvalue weighted by atomic mass is 35.5. The molecule has 0 saturated carbocycles. The quantitative estimate of drug-likeness (QED) is 0.599. The number of benzene rings is 2. The zero-order valence-electron chi connectivity index (χ0n) is 14.5. The van der Waals surface area contributed by atoms with Crippen molar-refractivity contribution in [3.8, 4) is 0 Å². The predicted molar refractivity (Wildman–Crippen MR) is 108 cm³/mol. The second kappa shape index (κ2) is 8.33. The van der Waals surface area contributed by atoms with E-state index in [-0.39, 0.29) is 17.5 Å². The highest BCUT2D eigenvalue weighted by molar-refractivity contribution is 6.30. The van der Waals surface area contributed by atoms with Gasteiger partial charge in [-0.25, -0.2) is 0 Å². The average Bonchev–Trinajstić information content (AvgIpc) is 2.65. The van der Waals surface area contributed by atoms with Gasteiger partial charge in [-0.2, -0.15) is 0 Å². The zero-order valence-corrected chi connectivity index (χ0v) is 15.2. The molecule has 1 aromatic heterocycles. The van der Waals surface area contributed by atoms with Gasteiger partial charge in [0.2, 0.25) is 5.91 Å². The third kappa shape index (κ3) is 5.29. The lowest BCUT2D eigenvalue weighted by Gasteiger charge is -2.09. The Morgan fingerprint density at radius 1 is 0.815 bits per heavy atom. The molecule has 136 valence electrons. The molecule has 0 saturated heterocycles. The largest absolute Gasteiger partial charge is 0.355 e. The van der Waals surface area contributed by atoms with Crippen LogP contribution in [0.3, 0.4) is 0 Å². The molecule has 0 radical (unpaired) electrons. The van der Waals surface area contributed by atoms with Gasteiger partial charge >= 0.3 is 0 Å². The van der Waals surface area contributed by atoms with E-state index in [1.54, 1.807) is 54.7 Å². The number of nitrogens with one attached hydrogen (secondary N) is 3. The average molecular weight is 381 g/mol. The molecule has 27 heavy (non-hydrogen) atoms. The Morgan fingerprint density at radius 3 is 2.07 bits per heavy atom. The highest BCUT2D eigenvalue weighted by Crippen LogP contribution is 2.20. The lowest BCUT2D eigenvalue weighted by atomic mass is 10.2. The van der Waals surface area contributed by atoms with Crippen LogP contribution < -0.4 is 16.0 Å². The third-order valence-corrected chi connectivity index (χ3v) is 3.84. The standard InChI is InChI=1S/C20H17ClN4O2/c1-13(26)23-15-6-8-16(9-7-15)24-18-10-11-22-19(12-18)20(27)25-17-4-2-14(21)3-5-17/h2-12H,1H3,(H,22,24)(H,23,26)(H,25,27). The third-order valence-electron chi connectivity index (χ3n) is 3.59. The topological polar surface area (TPSA) is 83.1 Å². The van der Waals surface area contributed by atoms with Crippen LogP contribution in [-0.4, -0.2) is 16.8 Å². The van der Waals surface area contributed by atoms with Gasteiger partial charge in [0.05, 0.1) is 0 Å². The molecule has 0 fully saturated rings. The van der Waals surface area contributed by atoms with Crippen LogP contribution in [0.1, 0.15) is 17.4 Å². The molecule has 6 nitrogen and oxygen atoms in total. The van der Waals surface area contributed by atoms with Crippen molar-refractivity contribution in [1.82, 2.24) is 4.98 Å². The minimum absolute atomic E-state index is 0.124. The fourth-order valence-corrected chi connectivity index (χ4v) is 2.49. The number of hydrogen-bond acceptors (Lipinski definition) is 4. The SMILES string of the molecule is CC(=O)Nc1ccc(Nc2ccnc(C(=O)Nc3ccc(Cl)cc3)c2)cc1. The Balaban J connectivity index is 1.68. The van der Waals surface area contributed by atoms with Gasteiger partial charge in [-0.3, -0.25) is 14.6 Å². The van der Waals surface area contributed by atoms with Gasteiger partial charge in [-0.15, -0.1) is 0 Å². The number of anilines is 4. The maximum Gasteiger partial charge on any atom is 0.274 e. The van der Waals surface area contributed by atoms with Gasteiger partial charge in [0, 0.05) is 40.9 Å². The summed E-state index contributed by atoms with van der Waals surface area (Å²) in [4.78, 5) is 27.6. The summed E-state index contributed by atoms with van der Waals surface area (Å²) >= 11 is 5.84. The first-order valence-electron chi connectivity index (χ1n) is 8.17. The summed E-state index contributed by atoms with van der Waals surface area (Å²) in [5.74, 6) is -0.442. The second-order valence-electron chi connectivity index (χ2n) is 5.77. The van der Waals surface area contributed by atoms with E-state index in [4.69, 9.17) is 11.6 Å². The summed E-state index contributed by atoms with van der Waals surface area (Å²) in [6.07, 6.45) is 1.56. The van der Waals surface area contributed by atoms with E-state index in [1.165, 1.54) is 6.92 Å². The number of halogens is 1. The molecule has 0 aliphatic carbocycles. The Bertz CT molecular complexity index is 956. The van der Waals surface area contributed by atoms with E-state index in [0.29, 0.717) is 16.4 Å². The number of amides is 2. The van der Waals surface area contributed by atoms with Crippen LogP contribution in [-0.2, 0) is 4.79 Å². The molecule has 2 amide bonds. The molecule has 2 aromatic carbocycles. The Kier molecular flexibility index (Phi) is 5.68. The summed E-state index contributed by atoms with van der Waals surface area (Å²) in [5, 5.41) is 9.28. The number of aromatic nitrogens is 1. The van der Waals surface area contributed by atoms with Crippen LogP contribution in [0, 0.1) is 0 Å². The normalized spacial score (nSPS) is 10.1. The maximum absolute atomic E-state index is 12.4. The summed E-state index contributed by atoms with van der Waals surface area (Å²) in [6, 6.07) is 17.5. The lowest BCUT2D eigenvalue weighted by molar-refractivity contribution is -0.114. The number of carbonyl (C=O) groups is 2. The van der Waals surface area contributed by atoms with Gasteiger partial charge in [0.1, 0.15) is 5.69 Å². The van der Waals surface area contributed by atoms with Crippen molar-refractivity contribution in [3.63, 3.8) is 0 Å². The fraction of sp³-hybridized carbons (Fsp3) is 0.0500. The molecular weight excluding hydrogens is 364 g/mol. The van der Waals surface area contributed by atoms with E-state index < -0.39 is 0 Å². The van der Waals surface area contributed by atoms with Gasteiger partial charge in [0.25, 0.3) is 5.91 Å². The summed E-state index contributed by atoms with van der Waals surface area (Å²) < 4.78 is 0. The number of pyridine rings is 1. The molecule has 0 unspecified atom stereocenters. The molecule has 0 bridgehead atoms. The van der Waals surface area contributed by atoms with Crippen LogP contribution in [0.2, 0.25) is 5.02 Å². The molecule has 0 aliphatic rings. The number of rotatable bonds is 5. The van der Waals surface area contributed by atoms with Crippen molar-refractivity contribution in [2.24, 2.45) is 0 Å². The van der Waals surface area contributed by atoms with Crippen LogP contribution in [0.4, 0.5) is 22.7 Å². The molecule has 7 heteroatoms. The van der Waals surface area contributed by atoms with Crippen molar-refractivity contribution in [2.75, 3.05) is 16.0 Å². The lowest BCUT2D eigenvalue weighted by Crippen LogP contribution is -2.13. The monoisotopic (exact) mass is 380 g/mol. The predicted octanol–water partition coefficient (Wildman–Crippen LogP) is 4.69. The van der Waals surface area contributed by atoms with Crippen LogP contribution >= 0.6 is 11.6 Å². The van der Waals surface area contributed by atoms with E-state index in [2.05, 4.69) is 20.9 Å². The van der Waals surface area contributed by atoms with Crippen molar-refractivity contribution < 1.29 is 9.59 Å². The first-order chi connectivity index (χ1) is 13.0. The van der Waals surface area contributed by atoms with Gasteiger partial charge in [-0.1, -0.05) is 11.6 Å². The number of carbonyl (C=O) groups excluding carboxylic acids is 2. The van der Waals surface area contributed by atoms with E-state index in [1.807, 2.05) is 12.1 Å². The molecule has 3 N–H and O–H groups in total. The summed E-state index contributed by atoms with van der Waals surface area (Å²) in [7, 11) is 0. The van der Waals surface area contributed by atoms with Crippen LogP contribution in [0.15, 0.2) is 66.9 Å². The van der Waals surface area contributed by atoms with Gasteiger partial charge in [0.15, 0.2) is 0 Å². The Labute approximate surface area is 161 Å². The van der Waals surface area contributed by atoms with Crippen molar-refractivity contribution in [1.29, 1.82) is 0 Å². The molecule has 0 atom stereocenters. The number of nitrogens with zero attached hydrogens (tertiary/aromatic N) is 1. The minimum Gasteiger partial charge on any atom is -0.355 e.